The van der Waals surface area contributed by atoms with E-state index in [1.54, 1.807) is 0 Å². The normalized spacial score (nSPS) is 11.7. The van der Waals surface area contributed by atoms with Gasteiger partial charge in [-0.05, 0) is 17.4 Å². The first-order valence-electron chi connectivity index (χ1n) is 5.84. The fourth-order valence-corrected chi connectivity index (χ4v) is 1.29. The lowest BCUT2D eigenvalue weighted by atomic mass is 9.92. The van der Waals surface area contributed by atoms with Crippen LogP contribution in [-0.4, -0.2) is 5.97 Å². The van der Waals surface area contributed by atoms with E-state index in [0.717, 1.165) is 12.0 Å². The van der Waals surface area contributed by atoms with Gasteiger partial charge in [-0.25, -0.2) is 4.79 Å². The minimum absolute atomic E-state index is 0.205. The molecule has 1 rings (SSSR count). The number of benzene rings is 1. The molecular weight excluding hydrogens is 212 g/mol. The average Bonchev–Trinajstić information content (AvgIpc) is 2.26. The van der Waals surface area contributed by atoms with E-state index >= 15 is 0 Å². The molecule has 0 aliphatic carbocycles. The zero-order valence-corrected chi connectivity index (χ0v) is 10.8. The molecule has 0 heterocycles. The molecule has 0 bridgehead atoms. The predicted molar refractivity (Wildman–Crippen MR) is 69.5 cm³/mol. The summed E-state index contributed by atoms with van der Waals surface area (Å²) in [6.07, 6.45) is 4.24. The number of rotatable bonds is 4. The van der Waals surface area contributed by atoms with Gasteiger partial charge in [0.1, 0.15) is 6.61 Å². The number of carbonyl (C=O) groups excluding carboxylic acids is 1. The Labute approximate surface area is 103 Å². The molecule has 2 nitrogen and oxygen atoms in total. The van der Waals surface area contributed by atoms with Crippen molar-refractivity contribution in [1.29, 1.82) is 0 Å². The topological polar surface area (TPSA) is 26.3 Å². The standard InChI is InChI=1S/C15H20O2/c1-15(2,3)11-7-10-14(16)17-12-13-8-5-4-6-9-13/h4-10H,11-12H2,1-3H3/b10-7+. The van der Waals surface area contributed by atoms with Crippen LogP contribution in [0.3, 0.4) is 0 Å². The van der Waals surface area contributed by atoms with Crippen LogP contribution in [0.15, 0.2) is 42.5 Å². The summed E-state index contributed by atoms with van der Waals surface area (Å²) in [7, 11) is 0. The molecule has 0 radical (unpaired) electrons. The van der Waals surface area contributed by atoms with Crippen molar-refractivity contribution in [3.05, 3.63) is 48.0 Å². The summed E-state index contributed by atoms with van der Waals surface area (Å²) in [5.41, 5.74) is 1.21. The van der Waals surface area contributed by atoms with Crippen molar-refractivity contribution in [1.82, 2.24) is 0 Å². The highest BCUT2D eigenvalue weighted by molar-refractivity contribution is 5.81. The van der Waals surface area contributed by atoms with Crippen molar-refractivity contribution in [3.63, 3.8) is 0 Å². The fraction of sp³-hybridized carbons (Fsp3) is 0.400. The van der Waals surface area contributed by atoms with Crippen molar-refractivity contribution >= 4 is 5.97 Å². The SMILES string of the molecule is CC(C)(C)C/C=C/C(=O)OCc1ccccc1. The molecule has 0 saturated carbocycles. The Hall–Kier alpha value is -1.57. The van der Waals surface area contributed by atoms with Crippen LogP contribution in [0.25, 0.3) is 0 Å². The fourth-order valence-electron chi connectivity index (χ4n) is 1.29. The maximum Gasteiger partial charge on any atom is 0.330 e. The summed E-state index contributed by atoms with van der Waals surface area (Å²) in [6, 6.07) is 9.67. The Morgan fingerprint density at radius 1 is 1.24 bits per heavy atom. The van der Waals surface area contributed by atoms with Crippen molar-refractivity contribution in [3.8, 4) is 0 Å². The molecule has 0 aliphatic rings. The number of esters is 1. The monoisotopic (exact) mass is 232 g/mol. The second-order valence-electron chi connectivity index (χ2n) is 5.26. The van der Waals surface area contributed by atoms with Crippen molar-refractivity contribution in [2.45, 2.75) is 33.8 Å². The van der Waals surface area contributed by atoms with Crippen LogP contribution in [0.4, 0.5) is 0 Å². The van der Waals surface area contributed by atoms with Crippen molar-refractivity contribution in [2.75, 3.05) is 0 Å². The molecule has 0 saturated heterocycles. The first kappa shape index (κ1) is 13.5. The van der Waals surface area contributed by atoms with Crippen LogP contribution in [0, 0.1) is 5.41 Å². The largest absolute Gasteiger partial charge is 0.458 e. The van der Waals surface area contributed by atoms with Crippen molar-refractivity contribution < 1.29 is 9.53 Å². The highest BCUT2D eigenvalue weighted by atomic mass is 16.5. The molecule has 0 amide bonds. The smallest absolute Gasteiger partial charge is 0.330 e. The number of hydrogen-bond acceptors (Lipinski definition) is 2. The first-order valence-corrected chi connectivity index (χ1v) is 5.84. The Kier molecular flexibility index (Phi) is 4.95. The number of allylic oxidation sites excluding steroid dienone is 1. The zero-order chi connectivity index (χ0) is 12.7. The molecule has 2 heteroatoms. The molecule has 92 valence electrons. The zero-order valence-electron chi connectivity index (χ0n) is 10.8. The lowest BCUT2D eigenvalue weighted by molar-refractivity contribution is -0.139. The van der Waals surface area contributed by atoms with E-state index in [4.69, 9.17) is 4.74 Å². The summed E-state index contributed by atoms with van der Waals surface area (Å²) in [6.45, 7) is 6.73. The van der Waals surface area contributed by atoms with Gasteiger partial charge in [0.05, 0.1) is 0 Å². The summed E-state index contributed by atoms with van der Waals surface area (Å²) < 4.78 is 5.12. The summed E-state index contributed by atoms with van der Waals surface area (Å²) in [5.74, 6) is -0.280. The van der Waals surface area contributed by atoms with Gasteiger partial charge in [0.25, 0.3) is 0 Å². The highest BCUT2D eigenvalue weighted by Crippen LogP contribution is 2.18. The molecule has 0 N–H and O–H groups in total. The van der Waals surface area contributed by atoms with Crippen molar-refractivity contribution in [2.24, 2.45) is 5.41 Å². The minimum atomic E-state index is -0.280. The number of carbonyl (C=O) groups is 1. The van der Waals surface area contributed by atoms with E-state index in [1.807, 2.05) is 36.4 Å². The van der Waals surface area contributed by atoms with Gasteiger partial charge in [0.2, 0.25) is 0 Å². The number of ether oxygens (including phenoxy) is 1. The van der Waals surface area contributed by atoms with Gasteiger partial charge in [0.15, 0.2) is 0 Å². The van der Waals surface area contributed by atoms with Crippen LogP contribution in [0.2, 0.25) is 0 Å². The first-order chi connectivity index (χ1) is 7.97. The van der Waals surface area contributed by atoms with E-state index in [9.17, 15) is 4.79 Å². The van der Waals surface area contributed by atoms with Crippen LogP contribution >= 0.6 is 0 Å². The summed E-state index contributed by atoms with van der Waals surface area (Å²) >= 11 is 0. The summed E-state index contributed by atoms with van der Waals surface area (Å²) in [5, 5.41) is 0. The van der Waals surface area contributed by atoms with Crippen LogP contribution in [0.5, 0.6) is 0 Å². The van der Waals surface area contributed by atoms with Gasteiger partial charge in [-0.3, -0.25) is 0 Å². The third-order valence-corrected chi connectivity index (χ3v) is 2.21. The molecule has 1 aromatic carbocycles. The molecular formula is C15H20O2. The quantitative estimate of drug-likeness (QED) is 0.584. The molecule has 0 fully saturated rings. The van der Waals surface area contributed by atoms with Gasteiger partial charge in [-0.2, -0.15) is 0 Å². The molecule has 1 aromatic rings. The van der Waals surface area contributed by atoms with E-state index in [1.165, 1.54) is 6.08 Å². The van der Waals surface area contributed by atoms with Crippen LogP contribution in [-0.2, 0) is 16.1 Å². The Bertz CT molecular complexity index is 372. The van der Waals surface area contributed by atoms with E-state index in [2.05, 4.69) is 20.8 Å². The lowest BCUT2D eigenvalue weighted by Gasteiger charge is -2.14. The van der Waals surface area contributed by atoms with E-state index in [0.29, 0.717) is 6.61 Å². The molecule has 17 heavy (non-hydrogen) atoms. The van der Waals surface area contributed by atoms with E-state index in [-0.39, 0.29) is 11.4 Å². The Morgan fingerprint density at radius 2 is 1.88 bits per heavy atom. The van der Waals surface area contributed by atoms with Gasteiger partial charge < -0.3 is 4.74 Å². The second kappa shape index (κ2) is 6.24. The van der Waals surface area contributed by atoms with Gasteiger partial charge in [0, 0.05) is 6.08 Å². The molecule has 0 spiro atoms. The van der Waals surface area contributed by atoms with Gasteiger partial charge in [-0.15, -0.1) is 0 Å². The van der Waals surface area contributed by atoms with Crippen LogP contribution in [0.1, 0.15) is 32.8 Å². The third-order valence-electron chi connectivity index (χ3n) is 2.21. The molecule has 0 unspecified atom stereocenters. The average molecular weight is 232 g/mol. The second-order valence-corrected chi connectivity index (χ2v) is 5.26. The predicted octanol–water partition coefficient (Wildman–Crippen LogP) is 3.72. The Morgan fingerprint density at radius 3 is 2.47 bits per heavy atom. The maximum atomic E-state index is 11.4. The van der Waals surface area contributed by atoms with Gasteiger partial charge >= 0.3 is 5.97 Å². The van der Waals surface area contributed by atoms with Crippen LogP contribution < -0.4 is 0 Å². The third kappa shape index (κ3) is 6.56. The number of hydrogen-bond donors (Lipinski definition) is 0. The minimum Gasteiger partial charge on any atom is -0.458 e. The highest BCUT2D eigenvalue weighted by Gasteiger charge is 2.07. The molecule has 0 aromatic heterocycles. The summed E-state index contributed by atoms with van der Waals surface area (Å²) in [4.78, 5) is 11.4. The Balaban J connectivity index is 2.31. The van der Waals surface area contributed by atoms with E-state index < -0.39 is 0 Å². The van der Waals surface area contributed by atoms with Gasteiger partial charge in [-0.1, -0.05) is 57.2 Å². The molecule has 0 atom stereocenters. The molecule has 0 aliphatic heterocycles. The lowest BCUT2D eigenvalue weighted by Crippen LogP contribution is -2.04. The maximum absolute atomic E-state index is 11.4.